The molecule has 0 unspecified atom stereocenters. The van der Waals surface area contributed by atoms with Gasteiger partial charge in [-0.15, -0.1) is 11.3 Å². The number of thiazole rings is 1. The zero-order chi connectivity index (χ0) is 17.8. The number of nitrogens with one attached hydrogen (secondary N) is 1. The van der Waals surface area contributed by atoms with Crippen LogP contribution < -0.4 is 10.1 Å². The Kier molecular flexibility index (Phi) is 5.14. The number of methoxy groups -OCH3 is 1. The molecule has 1 amide bonds. The molecule has 0 aliphatic rings. The number of carbonyl (C=O) groups is 1. The molecule has 128 valence electrons. The van der Waals surface area contributed by atoms with Crippen LogP contribution in [-0.4, -0.2) is 18.0 Å². The second-order valence-corrected chi connectivity index (χ2v) is 6.84. The molecule has 1 aromatic heterocycles. The smallest absolute Gasteiger partial charge is 0.251 e. The minimum atomic E-state index is -0.121. The van der Waals surface area contributed by atoms with E-state index >= 15 is 0 Å². The van der Waals surface area contributed by atoms with E-state index < -0.39 is 0 Å². The van der Waals surface area contributed by atoms with E-state index in [1.54, 1.807) is 30.6 Å². The Hall–Kier alpha value is -2.66. The van der Waals surface area contributed by atoms with Crippen molar-refractivity contribution in [1.82, 2.24) is 10.3 Å². The molecule has 1 N–H and O–H groups in total. The first-order valence-corrected chi connectivity index (χ1v) is 8.84. The molecule has 0 aliphatic heterocycles. The van der Waals surface area contributed by atoms with Gasteiger partial charge < -0.3 is 10.1 Å². The average molecular weight is 352 g/mol. The normalized spacial score (nSPS) is 10.5. The highest BCUT2D eigenvalue weighted by Gasteiger charge is 2.13. The van der Waals surface area contributed by atoms with Crippen LogP contribution >= 0.6 is 11.3 Å². The highest BCUT2D eigenvalue weighted by Crippen LogP contribution is 2.30. The fourth-order valence-corrected chi connectivity index (χ4v) is 3.64. The molecule has 25 heavy (non-hydrogen) atoms. The Morgan fingerprint density at radius 3 is 2.72 bits per heavy atom. The van der Waals surface area contributed by atoms with E-state index in [0.29, 0.717) is 17.9 Å². The third kappa shape index (κ3) is 3.88. The number of carbonyl (C=O) groups excluding carboxylic acids is 1. The summed E-state index contributed by atoms with van der Waals surface area (Å²) in [5.41, 5.74) is 3.87. The van der Waals surface area contributed by atoms with Crippen molar-refractivity contribution in [2.75, 3.05) is 7.11 Å². The Morgan fingerprint density at radius 2 is 1.96 bits per heavy atom. The lowest BCUT2D eigenvalue weighted by atomic mass is 10.1. The maximum atomic E-state index is 12.3. The Labute approximate surface area is 151 Å². The number of nitrogens with zero attached hydrogens (tertiary/aromatic N) is 1. The molecule has 2 aromatic carbocycles. The van der Waals surface area contributed by atoms with Crippen LogP contribution in [0, 0.1) is 13.8 Å². The zero-order valence-electron chi connectivity index (χ0n) is 14.5. The van der Waals surface area contributed by atoms with Crippen molar-refractivity contribution in [2.45, 2.75) is 20.4 Å². The van der Waals surface area contributed by atoms with E-state index in [9.17, 15) is 4.79 Å². The highest BCUT2D eigenvalue weighted by molar-refractivity contribution is 7.15. The van der Waals surface area contributed by atoms with Gasteiger partial charge in [-0.1, -0.05) is 30.3 Å². The van der Waals surface area contributed by atoms with Crippen LogP contribution in [0.4, 0.5) is 0 Å². The fraction of sp³-hybridized carbons (Fsp3) is 0.200. The first kappa shape index (κ1) is 17.2. The molecule has 0 bridgehead atoms. The maximum absolute atomic E-state index is 12.3. The van der Waals surface area contributed by atoms with Crippen molar-refractivity contribution in [3.05, 3.63) is 70.2 Å². The van der Waals surface area contributed by atoms with Gasteiger partial charge in [-0.3, -0.25) is 4.79 Å². The second kappa shape index (κ2) is 7.49. The maximum Gasteiger partial charge on any atom is 0.251 e. The standard InChI is InChI=1S/C20H20N2O2S/c1-13-7-4-5-10-17(13)20-22-14(2)18(25-20)12-21-19(23)15-8-6-9-16(11-15)24-3/h4-11H,12H2,1-3H3,(H,21,23). The van der Waals surface area contributed by atoms with Gasteiger partial charge >= 0.3 is 0 Å². The minimum Gasteiger partial charge on any atom is -0.497 e. The van der Waals surface area contributed by atoms with Crippen LogP contribution in [0.15, 0.2) is 48.5 Å². The molecular formula is C20H20N2O2S. The van der Waals surface area contributed by atoms with Crippen molar-refractivity contribution >= 4 is 17.2 Å². The number of ether oxygens (including phenoxy) is 1. The third-order valence-electron chi connectivity index (χ3n) is 4.01. The van der Waals surface area contributed by atoms with Gasteiger partial charge in [0.15, 0.2) is 0 Å². The summed E-state index contributed by atoms with van der Waals surface area (Å²) in [5.74, 6) is 0.549. The van der Waals surface area contributed by atoms with E-state index in [1.165, 1.54) is 5.56 Å². The molecule has 0 aliphatic carbocycles. The molecule has 4 nitrogen and oxygen atoms in total. The van der Waals surface area contributed by atoms with Gasteiger partial charge in [0.2, 0.25) is 0 Å². The first-order chi connectivity index (χ1) is 12.1. The summed E-state index contributed by atoms with van der Waals surface area (Å²) < 4.78 is 5.16. The fourth-order valence-electron chi connectivity index (χ4n) is 2.55. The summed E-state index contributed by atoms with van der Waals surface area (Å²) in [6, 6.07) is 15.3. The largest absolute Gasteiger partial charge is 0.497 e. The number of hydrogen-bond donors (Lipinski definition) is 1. The predicted octanol–water partition coefficient (Wildman–Crippen LogP) is 4.37. The Morgan fingerprint density at radius 1 is 1.16 bits per heavy atom. The molecule has 5 heteroatoms. The van der Waals surface area contributed by atoms with Gasteiger partial charge in [0.1, 0.15) is 10.8 Å². The number of rotatable bonds is 5. The van der Waals surface area contributed by atoms with Crippen LogP contribution in [0.1, 0.15) is 26.5 Å². The Bertz CT molecular complexity index is 902. The van der Waals surface area contributed by atoms with Crippen LogP contribution in [0.25, 0.3) is 10.6 Å². The SMILES string of the molecule is COc1cccc(C(=O)NCc2sc(-c3ccccc3C)nc2C)c1. The van der Waals surface area contributed by atoms with Crippen molar-refractivity contribution in [1.29, 1.82) is 0 Å². The number of hydrogen-bond acceptors (Lipinski definition) is 4. The lowest BCUT2D eigenvalue weighted by Crippen LogP contribution is -2.22. The molecule has 0 atom stereocenters. The van der Waals surface area contributed by atoms with Crippen LogP contribution in [-0.2, 0) is 6.54 Å². The number of benzene rings is 2. The van der Waals surface area contributed by atoms with Crippen molar-refractivity contribution < 1.29 is 9.53 Å². The van der Waals surface area contributed by atoms with Crippen molar-refractivity contribution in [3.8, 4) is 16.3 Å². The van der Waals surface area contributed by atoms with E-state index in [-0.39, 0.29) is 5.91 Å². The molecule has 0 saturated heterocycles. The van der Waals surface area contributed by atoms with E-state index in [4.69, 9.17) is 4.74 Å². The van der Waals surface area contributed by atoms with Crippen molar-refractivity contribution in [3.63, 3.8) is 0 Å². The quantitative estimate of drug-likeness (QED) is 0.742. The highest BCUT2D eigenvalue weighted by atomic mass is 32.1. The van der Waals surface area contributed by atoms with Gasteiger partial charge in [-0.05, 0) is 37.6 Å². The predicted molar refractivity (Wildman–Crippen MR) is 101 cm³/mol. The van der Waals surface area contributed by atoms with Gasteiger partial charge in [0, 0.05) is 16.0 Å². The zero-order valence-corrected chi connectivity index (χ0v) is 15.3. The van der Waals surface area contributed by atoms with Gasteiger partial charge in [0.05, 0.1) is 19.3 Å². The second-order valence-electron chi connectivity index (χ2n) is 5.76. The lowest BCUT2D eigenvalue weighted by Gasteiger charge is -2.06. The number of amides is 1. The third-order valence-corrected chi connectivity index (χ3v) is 5.20. The molecule has 1 heterocycles. The topological polar surface area (TPSA) is 51.2 Å². The first-order valence-electron chi connectivity index (χ1n) is 8.03. The summed E-state index contributed by atoms with van der Waals surface area (Å²) in [4.78, 5) is 18.1. The van der Waals surface area contributed by atoms with Gasteiger partial charge in [0.25, 0.3) is 5.91 Å². The molecule has 0 saturated carbocycles. The monoisotopic (exact) mass is 352 g/mol. The van der Waals surface area contributed by atoms with E-state index in [0.717, 1.165) is 21.1 Å². The summed E-state index contributed by atoms with van der Waals surface area (Å²) >= 11 is 1.62. The van der Waals surface area contributed by atoms with E-state index in [1.807, 2.05) is 31.2 Å². The summed E-state index contributed by atoms with van der Waals surface area (Å²) in [6.07, 6.45) is 0. The van der Waals surface area contributed by atoms with Crippen LogP contribution in [0.2, 0.25) is 0 Å². The Balaban J connectivity index is 1.73. The number of aryl methyl sites for hydroxylation is 2. The minimum absolute atomic E-state index is 0.121. The molecule has 3 aromatic rings. The summed E-state index contributed by atoms with van der Waals surface area (Å²) in [7, 11) is 1.59. The van der Waals surface area contributed by atoms with Crippen molar-refractivity contribution in [2.24, 2.45) is 0 Å². The van der Waals surface area contributed by atoms with Gasteiger partial charge in [-0.2, -0.15) is 0 Å². The van der Waals surface area contributed by atoms with E-state index in [2.05, 4.69) is 29.4 Å². The number of aromatic nitrogens is 1. The lowest BCUT2D eigenvalue weighted by molar-refractivity contribution is 0.0951. The summed E-state index contributed by atoms with van der Waals surface area (Å²) in [5, 5.41) is 3.95. The van der Waals surface area contributed by atoms with Gasteiger partial charge in [-0.25, -0.2) is 4.98 Å². The molecule has 0 fully saturated rings. The molecule has 0 spiro atoms. The van der Waals surface area contributed by atoms with Crippen LogP contribution in [0.5, 0.6) is 5.75 Å². The van der Waals surface area contributed by atoms with Crippen LogP contribution in [0.3, 0.4) is 0 Å². The average Bonchev–Trinajstić information content (AvgIpc) is 3.00. The molecule has 3 rings (SSSR count). The molecule has 0 radical (unpaired) electrons. The summed E-state index contributed by atoms with van der Waals surface area (Å²) in [6.45, 7) is 4.52. The molecular weight excluding hydrogens is 332 g/mol.